The molecule has 1 aromatic rings. The van der Waals surface area contributed by atoms with E-state index in [0.29, 0.717) is 5.92 Å². The van der Waals surface area contributed by atoms with E-state index in [2.05, 4.69) is 15.6 Å². The summed E-state index contributed by atoms with van der Waals surface area (Å²) >= 11 is 0. The molecule has 1 fully saturated rings. The minimum Gasteiger partial charge on any atom is -0.372 e. The van der Waals surface area contributed by atoms with Crippen LogP contribution in [-0.2, 0) is 4.79 Å². The Bertz CT molecular complexity index is 426. The van der Waals surface area contributed by atoms with Crippen LogP contribution in [0.25, 0.3) is 0 Å². The Morgan fingerprint density at radius 3 is 2.82 bits per heavy atom. The second-order valence-electron chi connectivity index (χ2n) is 4.93. The molecule has 3 rings (SSSR count). The van der Waals surface area contributed by atoms with E-state index in [1.54, 1.807) is 12.4 Å². The largest absolute Gasteiger partial charge is 0.372 e. The summed E-state index contributed by atoms with van der Waals surface area (Å²) in [5.74, 6) is 0.572. The molecule has 1 saturated carbocycles. The Kier molecular flexibility index (Phi) is 2.71. The molecule has 0 bridgehead atoms. The summed E-state index contributed by atoms with van der Waals surface area (Å²) < 4.78 is 0. The average molecular weight is 231 g/mol. The number of hydrogen-bond donors (Lipinski definition) is 2. The molecule has 0 saturated heterocycles. The maximum Gasteiger partial charge on any atom is 0.247 e. The SMILES string of the molecule is O=C1Nc2cnccc2NC1C1CCCCC1. The number of fused-ring (bicyclic) bond motifs is 1. The normalized spacial score (nSPS) is 24.7. The van der Waals surface area contributed by atoms with Gasteiger partial charge >= 0.3 is 0 Å². The van der Waals surface area contributed by atoms with Crippen LogP contribution in [0.4, 0.5) is 11.4 Å². The summed E-state index contributed by atoms with van der Waals surface area (Å²) in [5.41, 5.74) is 1.79. The predicted octanol–water partition coefficient (Wildman–Crippen LogP) is 2.39. The van der Waals surface area contributed by atoms with Crippen molar-refractivity contribution < 1.29 is 4.79 Å². The van der Waals surface area contributed by atoms with Gasteiger partial charge in [-0.05, 0) is 24.8 Å². The Balaban J connectivity index is 1.81. The van der Waals surface area contributed by atoms with Crippen molar-refractivity contribution >= 4 is 17.3 Å². The second-order valence-corrected chi connectivity index (χ2v) is 4.93. The van der Waals surface area contributed by atoms with Crippen LogP contribution in [0.15, 0.2) is 18.5 Å². The third-order valence-electron chi connectivity index (χ3n) is 3.79. The fraction of sp³-hybridized carbons (Fsp3) is 0.538. The highest BCUT2D eigenvalue weighted by Crippen LogP contribution is 2.33. The summed E-state index contributed by atoms with van der Waals surface area (Å²) in [7, 11) is 0. The molecule has 4 nitrogen and oxygen atoms in total. The minimum absolute atomic E-state index is 0.0646. The molecule has 1 aliphatic heterocycles. The van der Waals surface area contributed by atoms with Gasteiger partial charge < -0.3 is 10.6 Å². The monoisotopic (exact) mass is 231 g/mol. The van der Waals surface area contributed by atoms with Crippen LogP contribution in [0.2, 0.25) is 0 Å². The zero-order valence-electron chi connectivity index (χ0n) is 9.78. The van der Waals surface area contributed by atoms with Crippen molar-refractivity contribution in [3.63, 3.8) is 0 Å². The molecule has 0 spiro atoms. The van der Waals surface area contributed by atoms with Crippen molar-refractivity contribution in [3.8, 4) is 0 Å². The Hall–Kier alpha value is -1.58. The third kappa shape index (κ3) is 1.99. The van der Waals surface area contributed by atoms with Gasteiger partial charge in [-0.25, -0.2) is 0 Å². The van der Waals surface area contributed by atoms with E-state index < -0.39 is 0 Å². The van der Waals surface area contributed by atoms with Gasteiger partial charge in [-0.1, -0.05) is 19.3 Å². The van der Waals surface area contributed by atoms with Crippen LogP contribution in [0.3, 0.4) is 0 Å². The van der Waals surface area contributed by atoms with E-state index in [4.69, 9.17) is 0 Å². The van der Waals surface area contributed by atoms with Crippen molar-refractivity contribution in [3.05, 3.63) is 18.5 Å². The summed E-state index contributed by atoms with van der Waals surface area (Å²) in [6.07, 6.45) is 9.57. The molecule has 2 aliphatic rings. The highest BCUT2D eigenvalue weighted by atomic mass is 16.2. The fourth-order valence-corrected chi connectivity index (χ4v) is 2.86. The summed E-state index contributed by atoms with van der Waals surface area (Å²) in [5, 5.41) is 6.31. The minimum atomic E-state index is -0.0646. The number of nitrogens with one attached hydrogen (secondary N) is 2. The predicted molar refractivity (Wildman–Crippen MR) is 66.9 cm³/mol. The third-order valence-corrected chi connectivity index (χ3v) is 3.79. The molecular weight excluding hydrogens is 214 g/mol. The molecule has 1 atom stereocenters. The molecule has 1 unspecified atom stereocenters. The number of anilines is 2. The van der Waals surface area contributed by atoms with Crippen molar-refractivity contribution in [2.45, 2.75) is 38.1 Å². The zero-order valence-corrected chi connectivity index (χ0v) is 9.78. The molecule has 0 aromatic carbocycles. The fourth-order valence-electron chi connectivity index (χ4n) is 2.86. The van der Waals surface area contributed by atoms with Crippen LogP contribution in [-0.4, -0.2) is 16.9 Å². The van der Waals surface area contributed by atoms with Gasteiger partial charge in [-0.3, -0.25) is 9.78 Å². The molecule has 1 aliphatic carbocycles. The lowest BCUT2D eigenvalue weighted by Crippen LogP contribution is -2.44. The van der Waals surface area contributed by atoms with Crippen LogP contribution >= 0.6 is 0 Å². The summed E-state index contributed by atoms with van der Waals surface area (Å²) in [4.78, 5) is 16.1. The Labute approximate surface area is 101 Å². The zero-order chi connectivity index (χ0) is 11.7. The smallest absolute Gasteiger partial charge is 0.247 e. The second kappa shape index (κ2) is 4.35. The quantitative estimate of drug-likeness (QED) is 0.780. The number of pyridine rings is 1. The molecule has 2 N–H and O–H groups in total. The van der Waals surface area contributed by atoms with Gasteiger partial charge in [0.15, 0.2) is 0 Å². The van der Waals surface area contributed by atoms with Crippen molar-refractivity contribution in [2.24, 2.45) is 5.92 Å². The number of carbonyl (C=O) groups is 1. The van der Waals surface area contributed by atoms with E-state index in [9.17, 15) is 4.79 Å². The van der Waals surface area contributed by atoms with Crippen molar-refractivity contribution in [2.75, 3.05) is 10.6 Å². The van der Waals surface area contributed by atoms with E-state index in [-0.39, 0.29) is 11.9 Å². The molecule has 4 heteroatoms. The lowest BCUT2D eigenvalue weighted by atomic mass is 9.83. The van der Waals surface area contributed by atoms with Gasteiger partial charge in [0, 0.05) is 6.20 Å². The average Bonchev–Trinajstić information content (AvgIpc) is 2.39. The molecule has 90 valence electrons. The highest BCUT2D eigenvalue weighted by molar-refractivity contribution is 6.02. The summed E-state index contributed by atoms with van der Waals surface area (Å²) in [6, 6.07) is 1.86. The first kappa shape index (κ1) is 10.6. The van der Waals surface area contributed by atoms with Gasteiger partial charge in [0.2, 0.25) is 5.91 Å². The van der Waals surface area contributed by atoms with Gasteiger partial charge in [-0.2, -0.15) is 0 Å². The van der Waals surface area contributed by atoms with Crippen LogP contribution in [0.5, 0.6) is 0 Å². The Morgan fingerprint density at radius 1 is 1.18 bits per heavy atom. The first-order chi connectivity index (χ1) is 8.34. The molecule has 1 aromatic heterocycles. The van der Waals surface area contributed by atoms with Gasteiger partial charge in [0.25, 0.3) is 0 Å². The summed E-state index contributed by atoms with van der Waals surface area (Å²) in [6.45, 7) is 0. The molecule has 17 heavy (non-hydrogen) atoms. The Morgan fingerprint density at radius 2 is 2.00 bits per heavy atom. The first-order valence-corrected chi connectivity index (χ1v) is 6.36. The van der Waals surface area contributed by atoms with Crippen LogP contribution in [0.1, 0.15) is 32.1 Å². The van der Waals surface area contributed by atoms with Crippen LogP contribution < -0.4 is 10.6 Å². The number of rotatable bonds is 1. The van der Waals surface area contributed by atoms with Gasteiger partial charge in [0.1, 0.15) is 6.04 Å². The molecular formula is C13H17N3O. The number of aromatic nitrogens is 1. The molecule has 1 amide bonds. The van der Waals surface area contributed by atoms with Gasteiger partial charge in [-0.15, -0.1) is 0 Å². The highest BCUT2D eigenvalue weighted by Gasteiger charge is 2.33. The van der Waals surface area contributed by atoms with Crippen molar-refractivity contribution in [1.29, 1.82) is 0 Å². The van der Waals surface area contributed by atoms with E-state index in [1.807, 2.05) is 6.07 Å². The lowest BCUT2D eigenvalue weighted by molar-refractivity contribution is -0.118. The van der Waals surface area contributed by atoms with E-state index in [1.165, 1.54) is 19.3 Å². The standard InChI is InChI=1S/C13H17N3O/c17-13-12(9-4-2-1-3-5-9)15-10-6-7-14-8-11(10)16-13/h6-9,12,15H,1-5H2,(H,16,17). The van der Waals surface area contributed by atoms with Gasteiger partial charge in [0.05, 0.1) is 17.6 Å². The first-order valence-electron chi connectivity index (χ1n) is 6.36. The number of nitrogens with zero attached hydrogens (tertiary/aromatic N) is 1. The van der Waals surface area contributed by atoms with Crippen molar-refractivity contribution in [1.82, 2.24) is 4.98 Å². The van der Waals surface area contributed by atoms with E-state index >= 15 is 0 Å². The number of amides is 1. The number of carbonyl (C=O) groups excluding carboxylic acids is 1. The maximum atomic E-state index is 12.1. The maximum absolute atomic E-state index is 12.1. The van der Waals surface area contributed by atoms with Crippen LogP contribution in [0, 0.1) is 5.92 Å². The number of hydrogen-bond acceptors (Lipinski definition) is 3. The topological polar surface area (TPSA) is 54.0 Å². The molecule has 0 radical (unpaired) electrons. The lowest BCUT2D eigenvalue weighted by Gasteiger charge is -2.34. The van der Waals surface area contributed by atoms with E-state index in [0.717, 1.165) is 24.2 Å². The molecule has 2 heterocycles.